The molecule has 1 aliphatic rings. The molecule has 24 nitrogen and oxygen atoms in total. The quantitative estimate of drug-likeness (QED) is 0.0269. The van der Waals surface area contributed by atoms with Gasteiger partial charge in [-0.3, -0.25) is 43.2 Å². The van der Waals surface area contributed by atoms with Crippen molar-refractivity contribution in [1.82, 2.24) is 36.6 Å². The predicted octanol–water partition coefficient (Wildman–Crippen LogP) is 3.19. The summed E-state index contributed by atoms with van der Waals surface area (Å²) in [6.07, 6.45) is 6.15. The van der Waals surface area contributed by atoms with Crippen molar-refractivity contribution in [1.29, 1.82) is 0 Å². The zero-order valence-corrected chi connectivity index (χ0v) is 46.0. The van der Waals surface area contributed by atoms with Gasteiger partial charge in [-0.05, 0) is 37.5 Å². The molecule has 0 saturated carbocycles. The Morgan fingerprint density at radius 3 is 1.53 bits per heavy atom. The average molecular weight is 1170 g/mol. The number of carbonyl (C=O) groups excluding carboxylic acids is 8. The number of hydrogen-bond donors (Lipinski definition) is 9. The van der Waals surface area contributed by atoms with E-state index in [1.54, 1.807) is 0 Å². The Morgan fingerprint density at radius 1 is 0.579 bits per heavy atom. The fourth-order valence-corrected chi connectivity index (χ4v) is 24.2. The zero-order chi connectivity index (χ0) is 56.4. The van der Waals surface area contributed by atoms with Crippen LogP contribution in [0.1, 0.15) is 161 Å². The summed E-state index contributed by atoms with van der Waals surface area (Å²) in [5, 5.41) is 50.6. The third-order valence-electron chi connectivity index (χ3n) is 12.8. The molecule has 1 saturated heterocycles. The molecular formula is C51H71N7O17Sn. The predicted molar refractivity (Wildman–Crippen MR) is 273 cm³/mol. The van der Waals surface area contributed by atoms with E-state index >= 15 is 0 Å². The molecule has 7 amide bonds. The molecule has 2 aromatic rings. The van der Waals surface area contributed by atoms with Gasteiger partial charge in [0.25, 0.3) is 17.7 Å². The maximum absolute atomic E-state index is 13.8. The fourth-order valence-electron chi connectivity index (χ4n) is 8.49. The van der Waals surface area contributed by atoms with Crippen LogP contribution in [0.15, 0.2) is 42.7 Å². The first kappa shape index (κ1) is 63.3. The number of nitrogens with zero attached hydrogens (tertiary/aromatic N) is 2. The van der Waals surface area contributed by atoms with E-state index in [0.717, 1.165) is 44.6 Å². The van der Waals surface area contributed by atoms with Crippen molar-refractivity contribution in [3.8, 4) is 0 Å². The summed E-state index contributed by atoms with van der Waals surface area (Å²) in [5.74, 6) is -13.3. The van der Waals surface area contributed by atoms with Crippen molar-refractivity contribution in [2.45, 2.75) is 167 Å². The number of nitrogens with one attached hydrogen (secondary N) is 5. The van der Waals surface area contributed by atoms with Crippen LogP contribution >= 0.6 is 0 Å². The SMILES string of the molecule is CCC[CH2][Sn]([CH2]CCC)([CH2]CCC)[c]1cncc(C(=O)NCCCC[C@@H](NC(=O)[C@@H](CCC(=O)O)NC(=O)[C@@H](CCC(=O)O)NC(=O)[C@@H](CCC(=O)O)NC(=O)c2cccc(C(=O)ON3C(=O)CCC3=O)c2)C(=O)O)c1. The van der Waals surface area contributed by atoms with E-state index in [4.69, 9.17) is 4.84 Å². The maximum atomic E-state index is 13.8. The molecule has 4 atom stereocenters. The molecule has 9 N–H and O–H groups in total. The van der Waals surface area contributed by atoms with E-state index < -0.39 is 146 Å². The van der Waals surface area contributed by atoms with E-state index in [9.17, 15) is 78.0 Å². The number of aliphatic carboxylic acids is 4. The van der Waals surface area contributed by atoms with Gasteiger partial charge in [0.1, 0.15) is 18.1 Å². The molecule has 25 heteroatoms. The Hall–Kier alpha value is -6.99. The van der Waals surface area contributed by atoms with Gasteiger partial charge in [-0.1, -0.05) is 6.07 Å². The molecule has 76 heavy (non-hydrogen) atoms. The van der Waals surface area contributed by atoms with Crippen LogP contribution in [0.4, 0.5) is 0 Å². The normalized spacial score (nSPS) is 13.9. The number of amides is 7. The van der Waals surface area contributed by atoms with Gasteiger partial charge in [-0.2, -0.15) is 0 Å². The van der Waals surface area contributed by atoms with Crippen molar-refractivity contribution >= 4 is 93.2 Å². The molecule has 0 bridgehead atoms. The van der Waals surface area contributed by atoms with Crippen LogP contribution in [-0.4, -0.2) is 151 Å². The molecule has 1 aromatic heterocycles. The molecule has 1 aliphatic heterocycles. The average Bonchev–Trinajstić information content (AvgIpc) is 3.70. The first-order valence-electron chi connectivity index (χ1n) is 25.7. The first-order chi connectivity index (χ1) is 36.1. The topological polar surface area (TPSA) is 371 Å². The molecule has 3 rings (SSSR count). The monoisotopic (exact) mass is 1170 g/mol. The van der Waals surface area contributed by atoms with E-state index in [2.05, 4.69) is 52.3 Å². The van der Waals surface area contributed by atoms with Gasteiger partial charge in [-0.15, -0.1) is 5.06 Å². The summed E-state index contributed by atoms with van der Waals surface area (Å²) in [4.78, 5) is 161. The number of carboxylic acid groups (broad SMARTS) is 4. The van der Waals surface area contributed by atoms with E-state index in [1.807, 2.05) is 12.3 Å². The van der Waals surface area contributed by atoms with Crippen molar-refractivity contribution in [2.75, 3.05) is 6.54 Å². The molecule has 416 valence electrons. The van der Waals surface area contributed by atoms with Crippen molar-refractivity contribution in [3.05, 3.63) is 59.4 Å². The van der Waals surface area contributed by atoms with Gasteiger partial charge >= 0.3 is 222 Å². The number of hydrogen-bond acceptors (Lipinski definition) is 14. The third kappa shape index (κ3) is 21.0. The summed E-state index contributed by atoms with van der Waals surface area (Å²) in [6.45, 7) is 6.72. The number of benzene rings is 1. The van der Waals surface area contributed by atoms with Crippen LogP contribution in [0.25, 0.3) is 0 Å². The van der Waals surface area contributed by atoms with Gasteiger partial charge in [-0.25, -0.2) is 4.79 Å². The van der Waals surface area contributed by atoms with Gasteiger partial charge in [0.15, 0.2) is 0 Å². The number of unbranched alkanes of at least 4 members (excludes halogenated alkanes) is 4. The molecule has 1 aromatic carbocycles. The van der Waals surface area contributed by atoms with Crippen LogP contribution in [-0.2, 0) is 48.0 Å². The van der Waals surface area contributed by atoms with E-state index in [0.29, 0.717) is 17.0 Å². The van der Waals surface area contributed by atoms with Gasteiger partial charge < -0.3 is 36.1 Å². The number of carboxylic acids is 4. The number of rotatable bonds is 36. The van der Waals surface area contributed by atoms with Gasteiger partial charge in [0.05, 0.1) is 5.56 Å². The summed E-state index contributed by atoms with van der Waals surface area (Å²) >= 11 is -2.90. The number of imide groups is 1. The van der Waals surface area contributed by atoms with Gasteiger partial charge in [0.2, 0.25) is 11.8 Å². The Bertz CT molecular complexity index is 2380. The number of hydroxylamine groups is 2. The molecule has 0 aliphatic carbocycles. The zero-order valence-electron chi connectivity index (χ0n) is 43.2. The molecular weight excluding hydrogens is 1100 g/mol. The third-order valence-corrected chi connectivity index (χ3v) is 28.3. The second-order valence-electron chi connectivity index (χ2n) is 18.7. The van der Waals surface area contributed by atoms with Gasteiger partial charge in [0, 0.05) is 37.7 Å². The fraction of sp³-hybridized carbons (Fsp3) is 0.549. The van der Waals surface area contributed by atoms with Crippen LogP contribution in [0, 0.1) is 0 Å². The molecule has 1 fully saturated rings. The van der Waals surface area contributed by atoms with Crippen LogP contribution in [0.5, 0.6) is 0 Å². The Labute approximate surface area is 444 Å². The van der Waals surface area contributed by atoms with Crippen LogP contribution < -0.4 is 30.2 Å². The summed E-state index contributed by atoms with van der Waals surface area (Å²) < 4.78 is 4.82. The molecule has 0 radical (unpaired) electrons. The molecule has 0 unspecified atom stereocenters. The number of aromatic nitrogens is 1. The van der Waals surface area contributed by atoms with Crippen LogP contribution in [0.2, 0.25) is 13.3 Å². The van der Waals surface area contributed by atoms with Crippen molar-refractivity contribution < 1.29 is 82.8 Å². The Balaban J connectivity index is 1.72. The molecule has 2 heterocycles. The van der Waals surface area contributed by atoms with E-state index in [-0.39, 0.29) is 49.3 Å². The minimum atomic E-state index is -2.90. The number of carbonyl (C=O) groups is 12. The summed E-state index contributed by atoms with van der Waals surface area (Å²) in [5.41, 5.74) is -0.127. The standard InChI is InChI=1S/C39H44N7O17.3C4H9.Sn/c47-28-12-13-29(48)46(28)63-39(62)22-6-3-5-21(19-22)34(56)42-24(9-14-30(49)50)35(57)43-25(10-15-31(51)52)36(58)44-26(11-16-32(53)54)37(59)45-27(38(60)61)8-1-2-18-41-33(55)23-7-4-17-40-20-23;3*1-3-4-2;/h3,5-7,17,19-20,24-27H,1-2,8-16,18H2,(H,41,55)(H,42,56)(H,43,57)(H,44,58)(H,45,59)(H,49,50)(H,51,52)(H,53,54)(H,60,61);3*1,3-4H2,2H3;/t24-,25-,26-,27-;;;;/m1..../s1. The number of pyridine rings is 1. The Morgan fingerprint density at radius 2 is 1.05 bits per heavy atom. The summed E-state index contributed by atoms with van der Waals surface area (Å²) in [6, 6.07) is -0.203. The molecule has 0 spiro atoms. The first-order valence-corrected chi connectivity index (χ1v) is 33.1. The second-order valence-corrected chi connectivity index (χ2v) is 31.9. The van der Waals surface area contributed by atoms with E-state index in [1.165, 1.54) is 41.3 Å². The van der Waals surface area contributed by atoms with Crippen molar-refractivity contribution in [3.63, 3.8) is 0 Å². The second kappa shape index (κ2) is 32.4. The van der Waals surface area contributed by atoms with Crippen LogP contribution in [0.3, 0.4) is 0 Å². The van der Waals surface area contributed by atoms with Crippen molar-refractivity contribution in [2.24, 2.45) is 0 Å². The Kier molecular flexibility index (Phi) is 27.0. The minimum absolute atomic E-state index is 0.146. The summed E-state index contributed by atoms with van der Waals surface area (Å²) in [7, 11) is 0.